The first-order valence-electron chi connectivity index (χ1n) is 7.82. The number of amides is 1. The number of nitro groups is 1. The highest BCUT2D eigenvalue weighted by atomic mass is 32.1. The third-order valence-corrected chi connectivity index (χ3v) is 6.09. The molecule has 3 aliphatic heterocycles. The van der Waals surface area contributed by atoms with E-state index in [0.29, 0.717) is 15.5 Å². The van der Waals surface area contributed by atoms with Gasteiger partial charge in [0.25, 0.3) is 11.6 Å². The Morgan fingerprint density at radius 1 is 1.35 bits per heavy atom. The van der Waals surface area contributed by atoms with Gasteiger partial charge >= 0.3 is 0 Å². The van der Waals surface area contributed by atoms with Gasteiger partial charge in [-0.1, -0.05) is 12.1 Å². The van der Waals surface area contributed by atoms with Gasteiger partial charge in [0.1, 0.15) is 4.70 Å². The van der Waals surface area contributed by atoms with E-state index in [1.54, 1.807) is 12.1 Å². The zero-order chi connectivity index (χ0) is 16.0. The molecule has 0 spiro atoms. The van der Waals surface area contributed by atoms with Gasteiger partial charge in [0.2, 0.25) is 0 Å². The maximum absolute atomic E-state index is 12.6. The largest absolute Gasteiger partial charge is 0.347 e. The van der Waals surface area contributed by atoms with Gasteiger partial charge in [-0.2, -0.15) is 0 Å². The Balaban J connectivity index is 1.58. The molecule has 4 heterocycles. The van der Waals surface area contributed by atoms with Crippen molar-refractivity contribution < 1.29 is 9.72 Å². The van der Waals surface area contributed by atoms with Crippen molar-refractivity contribution in [2.45, 2.75) is 18.9 Å². The van der Waals surface area contributed by atoms with Gasteiger partial charge in [0.05, 0.1) is 9.80 Å². The Kier molecular flexibility index (Phi) is 3.54. The SMILES string of the molecule is O=C(NC1CN2CCC1CC2)c1cc2cccc([N+](=O)[O-])c2s1. The van der Waals surface area contributed by atoms with E-state index in [4.69, 9.17) is 0 Å². The summed E-state index contributed by atoms with van der Waals surface area (Å²) in [5.41, 5.74) is 0.0642. The summed E-state index contributed by atoms with van der Waals surface area (Å²) < 4.78 is 0.566. The molecule has 3 saturated heterocycles. The summed E-state index contributed by atoms with van der Waals surface area (Å²) >= 11 is 1.20. The number of thiophene rings is 1. The molecule has 2 aromatic rings. The van der Waals surface area contributed by atoms with Gasteiger partial charge in [-0.15, -0.1) is 11.3 Å². The normalized spacial score (nSPS) is 26.3. The predicted octanol–water partition coefficient (Wildman–Crippen LogP) is 2.63. The summed E-state index contributed by atoms with van der Waals surface area (Å²) in [7, 11) is 0. The van der Waals surface area contributed by atoms with Gasteiger partial charge in [-0.05, 0) is 37.9 Å². The molecule has 1 atom stereocenters. The molecule has 5 rings (SSSR count). The third-order valence-electron chi connectivity index (χ3n) is 4.92. The van der Waals surface area contributed by atoms with Gasteiger partial charge in [-0.3, -0.25) is 14.9 Å². The summed E-state index contributed by atoms with van der Waals surface area (Å²) in [4.78, 5) is 26.2. The summed E-state index contributed by atoms with van der Waals surface area (Å²) in [5, 5.41) is 15.0. The van der Waals surface area contributed by atoms with Gasteiger partial charge < -0.3 is 10.2 Å². The Bertz CT molecular complexity index is 780. The summed E-state index contributed by atoms with van der Waals surface area (Å²) in [5.74, 6) is 0.451. The van der Waals surface area contributed by atoms with Crippen LogP contribution in [-0.2, 0) is 0 Å². The lowest BCUT2D eigenvalue weighted by Gasteiger charge is -2.44. The van der Waals surface area contributed by atoms with E-state index in [9.17, 15) is 14.9 Å². The number of nitrogens with one attached hydrogen (secondary N) is 1. The second kappa shape index (κ2) is 5.58. The van der Waals surface area contributed by atoms with Gasteiger partial charge in [0, 0.05) is 24.0 Å². The number of hydrogen-bond acceptors (Lipinski definition) is 5. The monoisotopic (exact) mass is 331 g/mol. The maximum atomic E-state index is 12.6. The van der Waals surface area contributed by atoms with Crippen molar-refractivity contribution in [3.63, 3.8) is 0 Å². The van der Waals surface area contributed by atoms with Gasteiger partial charge in [-0.25, -0.2) is 0 Å². The minimum atomic E-state index is -0.395. The Morgan fingerprint density at radius 2 is 2.13 bits per heavy atom. The topological polar surface area (TPSA) is 75.5 Å². The fourth-order valence-electron chi connectivity index (χ4n) is 3.67. The van der Waals surface area contributed by atoms with E-state index in [2.05, 4.69) is 10.2 Å². The zero-order valence-corrected chi connectivity index (χ0v) is 13.3. The number of nitro benzene ring substituents is 1. The molecule has 0 saturated carbocycles. The van der Waals surface area contributed by atoms with Crippen LogP contribution in [0, 0.1) is 16.0 Å². The second-order valence-electron chi connectivity index (χ2n) is 6.28. The fraction of sp³-hybridized carbons (Fsp3) is 0.438. The molecule has 120 valence electrons. The molecule has 1 amide bonds. The highest BCUT2D eigenvalue weighted by molar-refractivity contribution is 7.21. The number of benzene rings is 1. The van der Waals surface area contributed by atoms with Crippen molar-refractivity contribution >= 4 is 33.0 Å². The average molecular weight is 331 g/mol. The molecule has 2 bridgehead atoms. The number of fused-ring (bicyclic) bond motifs is 4. The molecule has 1 N–H and O–H groups in total. The number of non-ortho nitro benzene ring substituents is 1. The molecule has 1 unspecified atom stereocenters. The van der Waals surface area contributed by atoms with Crippen molar-refractivity contribution in [3.05, 3.63) is 39.3 Å². The third kappa shape index (κ3) is 2.60. The lowest BCUT2D eigenvalue weighted by molar-refractivity contribution is -0.382. The Labute approximate surface area is 137 Å². The van der Waals surface area contributed by atoms with Crippen molar-refractivity contribution in [3.8, 4) is 0 Å². The first-order chi connectivity index (χ1) is 11.1. The van der Waals surface area contributed by atoms with E-state index in [1.807, 2.05) is 6.07 Å². The molecule has 0 radical (unpaired) electrons. The predicted molar refractivity (Wildman–Crippen MR) is 88.9 cm³/mol. The lowest BCUT2D eigenvalue weighted by Crippen LogP contribution is -2.57. The van der Waals surface area contributed by atoms with Crippen molar-refractivity contribution in [2.75, 3.05) is 19.6 Å². The molecular formula is C16H17N3O3S. The minimum Gasteiger partial charge on any atom is -0.347 e. The summed E-state index contributed by atoms with van der Waals surface area (Å²) in [6.07, 6.45) is 2.28. The van der Waals surface area contributed by atoms with Crippen LogP contribution in [-0.4, -0.2) is 41.4 Å². The van der Waals surface area contributed by atoms with Crippen molar-refractivity contribution in [1.82, 2.24) is 10.2 Å². The lowest BCUT2D eigenvalue weighted by atomic mass is 9.84. The van der Waals surface area contributed by atoms with Crippen LogP contribution in [0.15, 0.2) is 24.3 Å². The molecule has 1 aromatic heterocycles. The Hall–Kier alpha value is -1.99. The maximum Gasteiger partial charge on any atom is 0.287 e. The molecule has 0 aliphatic carbocycles. The quantitative estimate of drug-likeness (QED) is 0.693. The number of carbonyl (C=O) groups is 1. The van der Waals surface area contributed by atoms with Crippen LogP contribution in [0.25, 0.3) is 10.1 Å². The fourth-order valence-corrected chi connectivity index (χ4v) is 4.72. The van der Waals surface area contributed by atoms with Crippen LogP contribution < -0.4 is 5.32 Å². The van der Waals surface area contributed by atoms with Crippen LogP contribution >= 0.6 is 11.3 Å². The summed E-state index contributed by atoms with van der Waals surface area (Å²) in [6.45, 7) is 3.18. The van der Waals surface area contributed by atoms with Crippen LogP contribution in [0.3, 0.4) is 0 Å². The van der Waals surface area contributed by atoms with Crippen LogP contribution in [0.4, 0.5) is 5.69 Å². The number of rotatable bonds is 3. The second-order valence-corrected chi connectivity index (χ2v) is 7.33. The molecule has 3 aliphatic rings. The highest BCUT2D eigenvalue weighted by Crippen LogP contribution is 2.34. The Morgan fingerprint density at radius 3 is 2.78 bits per heavy atom. The molecular weight excluding hydrogens is 314 g/mol. The van der Waals surface area contributed by atoms with E-state index in [1.165, 1.54) is 17.4 Å². The minimum absolute atomic E-state index is 0.0642. The summed E-state index contributed by atoms with van der Waals surface area (Å²) in [6, 6.07) is 6.90. The van der Waals surface area contributed by atoms with Crippen molar-refractivity contribution in [1.29, 1.82) is 0 Å². The zero-order valence-electron chi connectivity index (χ0n) is 12.5. The number of carbonyl (C=O) groups excluding carboxylic acids is 1. The molecule has 7 heteroatoms. The smallest absolute Gasteiger partial charge is 0.287 e. The highest BCUT2D eigenvalue weighted by Gasteiger charge is 2.35. The van der Waals surface area contributed by atoms with Gasteiger partial charge in [0.15, 0.2) is 0 Å². The van der Waals surface area contributed by atoms with E-state index in [-0.39, 0.29) is 17.6 Å². The van der Waals surface area contributed by atoms with E-state index < -0.39 is 4.92 Å². The first-order valence-corrected chi connectivity index (χ1v) is 8.63. The molecule has 23 heavy (non-hydrogen) atoms. The van der Waals surface area contributed by atoms with Crippen molar-refractivity contribution in [2.24, 2.45) is 5.92 Å². The molecule has 3 fully saturated rings. The number of hydrogen-bond donors (Lipinski definition) is 1. The van der Waals surface area contributed by atoms with Crippen LogP contribution in [0.5, 0.6) is 0 Å². The number of nitrogens with zero attached hydrogens (tertiary/aromatic N) is 2. The molecule has 1 aromatic carbocycles. The first kappa shape index (κ1) is 14.6. The van der Waals surface area contributed by atoms with E-state index in [0.717, 1.165) is 37.9 Å². The average Bonchev–Trinajstić information content (AvgIpc) is 3.00. The van der Waals surface area contributed by atoms with Crippen LogP contribution in [0.2, 0.25) is 0 Å². The standard InChI is InChI=1S/C16H17N3O3S/c20-16(17-12-9-18-6-4-10(12)5-7-18)14-8-11-2-1-3-13(19(21)22)15(11)23-14/h1-3,8,10,12H,4-7,9H2,(H,17,20). The number of piperidine rings is 3. The van der Waals surface area contributed by atoms with Crippen LogP contribution in [0.1, 0.15) is 22.5 Å². The van der Waals surface area contributed by atoms with E-state index >= 15 is 0 Å². The molecule has 6 nitrogen and oxygen atoms in total.